The number of imidazole rings is 1. The zero-order valence-electron chi connectivity index (χ0n) is 9.95. The summed E-state index contributed by atoms with van der Waals surface area (Å²) in [6.07, 6.45) is 0.782. The van der Waals surface area contributed by atoms with Crippen LogP contribution in [0.4, 0.5) is 5.82 Å². The number of H-pyrrole nitrogens is 1. The highest BCUT2D eigenvalue weighted by Gasteiger charge is 2.14. The van der Waals surface area contributed by atoms with Crippen molar-refractivity contribution in [1.29, 1.82) is 0 Å². The van der Waals surface area contributed by atoms with E-state index in [0.29, 0.717) is 17.7 Å². The first-order chi connectivity index (χ1) is 8.52. The lowest BCUT2D eigenvalue weighted by Gasteiger charge is -2.04. The molecule has 0 saturated heterocycles. The molecule has 1 amide bonds. The number of aromatic amines is 1. The lowest BCUT2D eigenvalue weighted by molar-refractivity contribution is -0.114. The third-order valence-corrected chi connectivity index (χ3v) is 2.51. The lowest BCUT2D eigenvalue weighted by atomic mass is 10.4. The summed E-state index contributed by atoms with van der Waals surface area (Å²) in [5.41, 5.74) is 0.480. The van der Waals surface area contributed by atoms with Crippen LogP contribution in [-0.2, 0) is 11.3 Å². The van der Waals surface area contributed by atoms with Gasteiger partial charge in [0.25, 0.3) is 0 Å². The van der Waals surface area contributed by atoms with Crippen molar-refractivity contribution in [1.82, 2.24) is 19.5 Å². The summed E-state index contributed by atoms with van der Waals surface area (Å²) in [5.74, 6) is -0.0837. The second-order valence-corrected chi connectivity index (χ2v) is 4.14. The van der Waals surface area contributed by atoms with Crippen LogP contribution in [0.15, 0.2) is 4.79 Å². The number of amides is 1. The molecular weight excluding hydrogens is 258 g/mol. The number of aryl methyl sites for hydroxylation is 1. The molecule has 0 atom stereocenters. The largest absolute Gasteiger partial charge is 0.327 e. The van der Waals surface area contributed by atoms with Gasteiger partial charge in [0.05, 0.1) is 0 Å². The summed E-state index contributed by atoms with van der Waals surface area (Å²) in [5, 5.41) is 2.49. The van der Waals surface area contributed by atoms with E-state index in [-0.39, 0.29) is 22.7 Å². The maximum atomic E-state index is 11.8. The fourth-order valence-electron chi connectivity index (χ4n) is 1.69. The van der Waals surface area contributed by atoms with Gasteiger partial charge < -0.3 is 10.3 Å². The molecule has 0 fully saturated rings. The molecule has 7 nitrogen and oxygen atoms in total. The third kappa shape index (κ3) is 2.21. The quantitative estimate of drug-likeness (QED) is 0.817. The van der Waals surface area contributed by atoms with E-state index in [9.17, 15) is 9.59 Å². The van der Waals surface area contributed by atoms with Gasteiger partial charge in [-0.2, -0.15) is 9.97 Å². The minimum atomic E-state index is -0.296. The number of hydrogen-bond acceptors (Lipinski definition) is 4. The number of hydrogen-bond donors (Lipinski definition) is 2. The van der Waals surface area contributed by atoms with Crippen LogP contribution >= 0.6 is 11.6 Å². The first-order valence-corrected chi connectivity index (χ1v) is 5.84. The summed E-state index contributed by atoms with van der Waals surface area (Å²) >= 11 is 5.79. The van der Waals surface area contributed by atoms with Crippen LogP contribution in [0, 0.1) is 0 Å². The highest BCUT2D eigenvalue weighted by molar-refractivity contribution is 6.28. The Bertz CT molecular complexity index is 660. The normalized spacial score (nSPS) is 10.8. The van der Waals surface area contributed by atoms with Crippen molar-refractivity contribution in [2.24, 2.45) is 0 Å². The molecule has 2 aromatic rings. The molecule has 0 aliphatic rings. The molecule has 2 heterocycles. The van der Waals surface area contributed by atoms with Crippen LogP contribution in [0.5, 0.6) is 0 Å². The van der Waals surface area contributed by atoms with E-state index in [2.05, 4.69) is 20.3 Å². The van der Waals surface area contributed by atoms with E-state index in [1.165, 1.54) is 11.5 Å². The van der Waals surface area contributed by atoms with E-state index in [1.54, 1.807) is 0 Å². The summed E-state index contributed by atoms with van der Waals surface area (Å²) in [7, 11) is 0. The van der Waals surface area contributed by atoms with E-state index in [1.807, 2.05) is 6.92 Å². The smallest absolute Gasteiger partial charge is 0.309 e. The molecule has 2 aromatic heterocycles. The van der Waals surface area contributed by atoms with Crippen molar-refractivity contribution < 1.29 is 4.79 Å². The average Bonchev–Trinajstić information content (AvgIpc) is 2.57. The van der Waals surface area contributed by atoms with Gasteiger partial charge in [0.1, 0.15) is 5.52 Å². The Kier molecular flexibility index (Phi) is 3.33. The van der Waals surface area contributed by atoms with Gasteiger partial charge in [-0.25, -0.2) is 4.79 Å². The van der Waals surface area contributed by atoms with E-state index in [0.717, 1.165) is 6.42 Å². The summed E-state index contributed by atoms with van der Waals surface area (Å²) in [6, 6.07) is 0. The van der Waals surface area contributed by atoms with Gasteiger partial charge in [0.2, 0.25) is 11.2 Å². The Morgan fingerprint density at radius 1 is 1.50 bits per heavy atom. The van der Waals surface area contributed by atoms with Crippen molar-refractivity contribution in [2.45, 2.75) is 26.8 Å². The molecule has 0 unspecified atom stereocenters. The van der Waals surface area contributed by atoms with Gasteiger partial charge >= 0.3 is 5.69 Å². The number of anilines is 1. The Morgan fingerprint density at radius 2 is 2.22 bits per heavy atom. The Labute approximate surface area is 107 Å². The molecule has 0 saturated carbocycles. The molecule has 8 heteroatoms. The minimum absolute atomic E-state index is 0.0184. The van der Waals surface area contributed by atoms with Crippen molar-refractivity contribution in [3.8, 4) is 0 Å². The van der Waals surface area contributed by atoms with Crippen molar-refractivity contribution in [3.05, 3.63) is 15.8 Å². The van der Waals surface area contributed by atoms with Crippen LogP contribution in [0.25, 0.3) is 11.2 Å². The number of carbonyl (C=O) groups is 1. The fourth-order valence-corrected chi connectivity index (χ4v) is 1.86. The number of nitrogens with one attached hydrogen (secondary N) is 2. The van der Waals surface area contributed by atoms with Gasteiger partial charge in [-0.05, 0) is 18.0 Å². The van der Waals surface area contributed by atoms with Gasteiger partial charge in [-0.15, -0.1) is 0 Å². The first kappa shape index (κ1) is 12.6. The average molecular weight is 270 g/mol. The molecule has 0 radical (unpaired) electrons. The molecule has 18 heavy (non-hydrogen) atoms. The van der Waals surface area contributed by atoms with Crippen LogP contribution in [-0.4, -0.2) is 25.4 Å². The highest BCUT2D eigenvalue weighted by Crippen LogP contribution is 2.19. The monoisotopic (exact) mass is 269 g/mol. The molecule has 0 spiro atoms. The van der Waals surface area contributed by atoms with Gasteiger partial charge in [0.15, 0.2) is 11.5 Å². The van der Waals surface area contributed by atoms with Gasteiger partial charge in [0, 0.05) is 13.5 Å². The van der Waals surface area contributed by atoms with Crippen LogP contribution < -0.4 is 11.0 Å². The maximum absolute atomic E-state index is 11.8. The Hall–Kier alpha value is -1.89. The van der Waals surface area contributed by atoms with Crippen LogP contribution in [0.1, 0.15) is 20.3 Å². The van der Waals surface area contributed by atoms with E-state index >= 15 is 0 Å². The predicted molar refractivity (Wildman–Crippen MR) is 67.8 cm³/mol. The zero-order chi connectivity index (χ0) is 13.3. The molecule has 2 rings (SSSR count). The Balaban J connectivity index is 2.70. The molecule has 0 aromatic carbocycles. The predicted octanol–water partition coefficient (Wildman–Crippen LogP) is 1.14. The maximum Gasteiger partial charge on any atom is 0.327 e. The summed E-state index contributed by atoms with van der Waals surface area (Å²) in [4.78, 5) is 33.4. The summed E-state index contributed by atoms with van der Waals surface area (Å²) in [6.45, 7) is 3.82. The van der Waals surface area contributed by atoms with Crippen LogP contribution in [0.3, 0.4) is 0 Å². The SMILES string of the molecule is CCCn1c(=O)[nH]c2c(NC(C)=O)nc(Cl)nc21. The number of carbonyl (C=O) groups excluding carboxylic acids is 1. The number of nitrogens with zero attached hydrogens (tertiary/aromatic N) is 3. The second-order valence-electron chi connectivity index (χ2n) is 3.80. The molecule has 0 aliphatic heterocycles. The highest BCUT2D eigenvalue weighted by atomic mass is 35.5. The number of halogens is 1. The van der Waals surface area contributed by atoms with Crippen molar-refractivity contribution >= 4 is 34.5 Å². The zero-order valence-corrected chi connectivity index (χ0v) is 10.7. The number of rotatable bonds is 3. The Morgan fingerprint density at radius 3 is 2.83 bits per heavy atom. The molecule has 0 bridgehead atoms. The van der Waals surface area contributed by atoms with Crippen molar-refractivity contribution in [2.75, 3.05) is 5.32 Å². The number of aromatic nitrogens is 4. The van der Waals surface area contributed by atoms with E-state index < -0.39 is 0 Å². The minimum Gasteiger partial charge on any atom is -0.309 e. The third-order valence-electron chi connectivity index (χ3n) is 2.34. The topological polar surface area (TPSA) is 92.7 Å². The lowest BCUT2D eigenvalue weighted by Crippen LogP contribution is -2.16. The molecule has 96 valence electrons. The standard InChI is InChI=1S/C10H12ClN5O2/c1-3-4-16-8-6(13-10(16)18)7(12-5(2)17)14-9(11)15-8/h3-4H2,1-2H3,(H,13,18)(H,12,14,15,17). The first-order valence-electron chi connectivity index (χ1n) is 5.46. The number of fused-ring (bicyclic) bond motifs is 1. The molecular formula is C10H12ClN5O2. The van der Waals surface area contributed by atoms with Gasteiger partial charge in [-0.3, -0.25) is 9.36 Å². The molecule has 2 N–H and O–H groups in total. The molecule has 0 aliphatic carbocycles. The van der Waals surface area contributed by atoms with Crippen molar-refractivity contribution in [3.63, 3.8) is 0 Å². The van der Waals surface area contributed by atoms with Crippen LogP contribution in [0.2, 0.25) is 5.28 Å². The fraction of sp³-hybridized carbons (Fsp3) is 0.400. The van der Waals surface area contributed by atoms with Gasteiger partial charge in [-0.1, -0.05) is 6.92 Å². The second kappa shape index (κ2) is 4.77. The summed E-state index contributed by atoms with van der Waals surface area (Å²) < 4.78 is 1.47. The van der Waals surface area contributed by atoms with E-state index in [4.69, 9.17) is 11.6 Å².